The molecule has 1 rings (SSSR count). The number of nitriles is 1. The van der Waals surface area contributed by atoms with Gasteiger partial charge in [0.1, 0.15) is 0 Å². The van der Waals surface area contributed by atoms with E-state index in [1.807, 2.05) is 46.0 Å². The molecule has 3 nitrogen and oxygen atoms in total. The van der Waals surface area contributed by atoms with Crippen LogP contribution in [0.15, 0.2) is 24.3 Å². The average Bonchev–Trinajstić information content (AvgIpc) is 2.34. The van der Waals surface area contributed by atoms with Gasteiger partial charge in [0.2, 0.25) is 5.91 Å². The standard InChI is InChI=1S/C15H20N2O/c1-15(2,3)14(18)17(4)9-8-12-6-5-7-13(10-12)11-16/h5-7,10H,8-9H2,1-4H3. The first-order valence-corrected chi connectivity index (χ1v) is 6.09. The van der Waals surface area contributed by atoms with E-state index >= 15 is 0 Å². The van der Waals surface area contributed by atoms with Gasteiger partial charge in [0.15, 0.2) is 0 Å². The van der Waals surface area contributed by atoms with Crippen molar-refractivity contribution in [3.05, 3.63) is 35.4 Å². The third-order valence-corrected chi connectivity index (χ3v) is 2.78. The van der Waals surface area contributed by atoms with Gasteiger partial charge in [-0.05, 0) is 24.1 Å². The Kier molecular flexibility index (Phi) is 4.49. The highest BCUT2D eigenvalue weighted by molar-refractivity contribution is 5.81. The lowest BCUT2D eigenvalue weighted by atomic mass is 9.95. The van der Waals surface area contributed by atoms with Gasteiger partial charge in [-0.2, -0.15) is 5.26 Å². The molecular formula is C15H20N2O. The molecule has 0 heterocycles. The van der Waals surface area contributed by atoms with Gasteiger partial charge in [0.05, 0.1) is 11.6 Å². The molecule has 0 atom stereocenters. The summed E-state index contributed by atoms with van der Waals surface area (Å²) in [6, 6.07) is 9.63. The number of likely N-dealkylation sites (N-methyl/N-ethyl adjacent to an activating group) is 1. The Balaban J connectivity index is 2.60. The number of carbonyl (C=O) groups excluding carboxylic acids is 1. The van der Waals surface area contributed by atoms with Crippen molar-refractivity contribution >= 4 is 5.91 Å². The summed E-state index contributed by atoms with van der Waals surface area (Å²) in [6.07, 6.45) is 0.772. The fraction of sp³-hybridized carbons (Fsp3) is 0.467. The molecule has 1 aromatic rings. The van der Waals surface area contributed by atoms with E-state index in [9.17, 15) is 4.79 Å². The van der Waals surface area contributed by atoms with Crippen molar-refractivity contribution < 1.29 is 4.79 Å². The smallest absolute Gasteiger partial charge is 0.227 e. The molecular weight excluding hydrogens is 224 g/mol. The third-order valence-electron chi connectivity index (χ3n) is 2.78. The zero-order valence-corrected chi connectivity index (χ0v) is 11.5. The van der Waals surface area contributed by atoms with Crippen LogP contribution in [-0.4, -0.2) is 24.4 Å². The van der Waals surface area contributed by atoms with E-state index in [2.05, 4.69) is 6.07 Å². The zero-order valence-electron chi connectivity index (χ0n) is 11.5. The van der Waals surface area contributed by atoms with E-state index in [1.165, 1.54) is 0 Å². The molecule has 0 aliphatic rings. The second-order valence-corrected chi connectivity index (χ2v) is 5.54. The van der Waals surface area contributed by atoms with Crippen LogP contribution in [0.3, 0.4) is 0 Å². The number of benzene rings is 1. The van der Waals surface area contributed by atoms with Crippen molar-refractivity contribution in [3.63, 3.8) is 0 Å². The zero-order chi connectivity index (χ0) is 13.8. The molecule has 0 bridgehead atoms. The van der Waals surface area contributed by atoms with Crippen LogP contribution >= 0.6 is 0 Å². The molecule has 0 radical (unpaired) electrons. The molecule has 0 N–H and O–H groups in total. The summed E-state index contributed by atoms with van der Waals surface area (Å²) in [5.74, 6) is 0.138. The molecule has 0 aliphatic carbocycles. The van der Waals surface area contributed by atoms with Crippen LogP contribution < -0.4 is 0 Å². The Morgan fingerprint density at radius 3 is 2.61 bits per heavy atom. The summed E-state index contributed by atoms with van der Waals surface area (Å²) >= 11 is 0. The number of nitrogens with zero attached hydrogens (tertiary/aromatic N) is 2. The minimum absolute atomic E-state index is 0.138. The number of carbonyl (C=O) groups is 1. The maximum atomic E-state index is 12.0. The van der Waals surface area contributed by atoms with E-state index in [4.69, 9.17) is 5.26 Å². The molecule has 0 aromatic heterocycles. The molecule has 0 aliphatic heterocycles. The molecule has 1 amide bonds. The van der Waals surface area contributed by atoms with Crippen LogP contribution in [0, 0.1) is 16.7 Å². The monoisotopic (exact) mass is 244 g/mol. The maximum absolute atomic E-state index is 12.0. The lowest BCUT2D eigenvalue weighted by Gasteiger charge is -2.26. The van der Waals surface area contributed by atoms with Gasteiger partial charge in [0, 0.05) is 19.0 Å². The largest absolute Gasteiger partial charge is 0.345 e. The van der Waals surface area contributed by atoms with Crippen LogP contribution in [0.1, 0.15) is 31.9 Å². The summed E-state index contributed by atoms with van der Waals surface area (Å²) in [7, 11) is 1.82. The number of hydrogen-bond donors (Lipinski definition) is 0. The molecule has 3 heteroatoms. The Hall–Kier alpha value is -1.82. The molecule has 0 fully saturated rings. The second kappa shape index (κ2) is 5.68. The molecule has 0 spiro atoms. The lowest BCUT2D eigenvalue weighted by molar-refractivity contribution is -0.138. The predicted molar refractivity (Wildman–Crippen MR) is 72.0 cm³/mol. The Morgan fingerprint density at radius 1 is 1.39 bits per heavy atom. The summed E-state index contributed by atoms with van der Waals surface area (Å²) in [4.78, 5) is 13.7. The Bertz CT molecular complexity index is 466. The molecule has 0 saturated heterocycles. The molecule has 1 aromatic carbocycles. The van der Waals surface area contributed by atoms with Crippen LogP contribution in [-0.2, 0) is 11.2 Å². The maximum Gasteiger partial charge on any atom is 0.227 e. The fourth-order valence-electron chi connectivity index (χ4n) is 1.77. The van der Waals surface area contributed by atoms with Crippen LogP contribution in [0.5, 0.6) is 0 Å². The summed E-state index contributed by atoms with van der Waals surface area (Å²) in [5, 5.41) is 8.82. The van der Waals surface area contributed by atoms with E-state index in [0.717, 1.165) is 12.0 Å². The SMILES string of the molecule is CN(CCc1cccc(C#N)c1)C(=O)C(C)(C)C. The molecule has 0 unspecified atom stereocenters. The first kappa shape index (κ1) is 14.2. The van der Waals surface area contributed by atoms with Gasteiger partial charge in [-0.15, -0.1) is 0 Å². The highest BCUT2D eigenvalue weighted by Crippen LogP contribution is 2.16. The molecule has 18 heavy (non-hydrogen) atoms. The Morgan fingerprint density at radius 2 is 2.06 bits per heavy atom. The quantitative estimate of drug-likeness (QED) is 0.820. The highest BCUT2D eigenvalue weighted by atomic mass is 16.2. The molecule has 96 valence electrons. The average molecular weight is 244 g/mol. The Labute approximate surface area is 109 Å². The number of rotatable bonds is 3. The van der Waals surface area contributed by atoms with Crippen molar-refractivity contribution in [2.45, 2.75) is 27.2 Å². The molecule has 0 saturated carbocycles. The minimum atomic E-state index is -0.344. The van der Waals surface area contributed by atoms with E-state index in [0.29, 0.717) is 12.1 Å². The van der Waals surface area contributed by atoms with Crippen LogP contribution in [0.25, 0.3) is 0 Å². The number of hydrogen-bond acceptors (Lipinski definition) is 2. The van der Waals surface area contributed by atoms with Crippen molar-refractivity contribution in [2.24, 2.45) is 5.41 Å². The van der Waals surface area contributed by atoms with Gasteiger partial charge in [0.25, 0.3) is 0 Å². The van der Waals surface area contributed by atoms with Crippen molar-refractivity contribution in [2.75, 3.05) is 13.6 Å². The van der Waals surface area contributed by atoms with Crippen LogP contribution in [0.2, 0.25) is 0 Å². The van der Waals surface area contributed by atoms with E-state index in [1.54, 1.807) is 11.0 Å². The number of amides is 1. The van der Waals surface area contributed by atoms with Crippen molar-refractivity contribution in [1.29, 1.82) is 5.26 Å². The summed E-state index contributed by atoms with van der Waals surface area (Å²) < 4.78 is 0. The van der Waals surface area contributed by atoms with Crippen molar-refractivity contribution in [1.82, 2.24) is 4.90 Å². The van der Waals surface area contributed by atoms with Gasteiger partial charge < -0.3 is 4.90 Å². The third kappa shape index (κ3) is 3.89. The highest BCUT2D eigenvalue weighted by Gasteiger charge is 2.24. The first-order chi connectivity index (χ1) is 8.34. The van der Waals surface area contributed by atoms with Crippen molar-refractivity contribution in [3.8, 4) is 6.07 Å². The minimum Gasteiger partial charge on any atom is -0.345 e. The topological polar surface area (TPSA) is 44.1 Å². The lowest BCUT2D eigenvalue weighted by Crippen LogP contribution is -2.37. The van der Waals surface area contributed by atoms with Gasteiger partial charge in [-0.25, -0.2) is 0 Å². The normalized spacial score (nSPS) is 10.8. The summed E-state index contributed by atoms with van der Waals surface area (Å²) in [6.45, 7) is 6.43. The fourth-order valence-corrected chi connectivity index (χ4v) is 1.77. The van der Waals surface area contributed by atoms with Gasteiger partial charge in [-0.1, -0.05) is 32.9 Å². The van der Waals surface area contributed by atoms with Crippen LogP contribution in [0.4, 0.5) is 0 Å². The van der Waals surface area contributed by atoms with Gasteiger partial charge in [-0.3, -0.25) is 4.79 Å². The summed E-state index contributed by atoms with van der Waals surface area (Å²) in [5.41, 5.74) is 1.41. The second-order valence-electron chi connectivity index (χ2n) is 5.54. The van der Waals surface area contributed by atoms with E-state index in [-0.39, 0.29) is 11.3 Å². The predicted octanol–water partition coefficient (Wildman–Crippen LogP) is 2.61. The first-order valence-electron chi connectivity index (χ1n) is 6.09. The van der Waals surface area contributed by atoms with E-state index < -0.39 is 0 Å². The van der Waals surface area contributed by atoms with Gasteiger partial charge >= 0.3 is 0 Å².